The van der Waals surface area contributed by atoms with Crippen molar-refractivity contribution < 1.29 is 19.0 Å². The summed E-state index contributed by atoms with van der Waals surface area (Å²) in [6.07, 6.45) is -1.97. The summed E-state index contributed by atoms with van der Waals surface area (Å²) in [6, 6.07) is 7.63. The van der Waals surface area contributed by atoms with E-state index in [2.05, 4.69) is 4.98 Å². The van der Waals surface area contributed by atoms with Crippen molar-refractivity contribution in [2.45, 2.75) is 19.1 Å². The first-order valence-electron chi connectivity index (χ1n) is 6.77. The molecular weight excluding hydrogens is 305 g/mol. The second kappa shape index (κ2) is 4.74. The van der Waals surface area contributed by atoms with E-state index in [0.717, 1.165) is 5.76 Å². The summed E-state index contributed by atoms with van der Waals surface area (Å²) < 4.78 is 19.0. The fraction of sp³-hybridized carbons (Fsp3) is 0.188. The number of hydrogen-bond donors (Lipinski definition) is 2. The van der Waals surface area contributed by atoms with Gasteiger partial charge in [0.1, 0.15) is 23.8 Å². The third-order valence-corrected chi connectivity index (χ3v) is 4.92. The summed E-state index contributed by atoms with van der Waals surface area (Å²) in [7, 11) is 0. The molecule has 0 fully saturated rings. The van der Waals surface area contributed by atoms with Gasteiger partial charge in [-0.25, -0.2) is 9.37 Å². The summed E-state index contributed by atoms with van der Waals surface area (Å²) in [5, 5.41) is 21.5. The molecule has 22 heavy (non-hydrogen) atoms. The van der Waals surface area contributed by atoms with Crippen LogP contribution in [-0.2, 0) is 0 Å². The lowest BCUT2D eigenvalue weighted by Gasteiger charge is -2.24. The SMILES string of the molecule is Cc1ccc(-c2nc3c(s2)C(O)c2ccc(F)cc2C3O)o1. The average Bonchev–Trinajstić information content (AvgIpc) is 3.11. The summed E-state index contributed by atoms with van der Waals surface area (Å²) in [4.78, 5) is 4.95. The molecule has 2 atom stereocenters. The maximum Gasteiger partial charge on any atom is 0.162 e. The first kappa shape index (κ1) is 13.6. The standard InChI is InChI=1S/C16H12FNO3S/c1-7-2-5-11(21-7)16-18-12-13(19)10-6-8(17)3-4-9(10)14(20)15(12)22-16/h2-6,13-14,19-20H,1H3. The number of furan rings is 1. The molecule has 1 aliphatic rings. The van der Waals surface area contributed by atoms with E-state index >= 15 is 0 Å². The van der Waals surface area contributed by atoms with Crippen molar-refractivity contribution in [2.24, 2.45) is 0 Å². The lowest BCUT2D eigenvalue weighted by Crippen LogP contribution is -2.16. The van der Waals surface area contributed by atoms with Crippen molar-refractivity contribution in [3.05, 3.63) is 63.6 Å². The molecule has 2 aromatic heterocycles. The first-order valence-corrected chi connectivity index (χ1v) is 7.59. The van der Waals surface area contributed by atoms with E-state index in [0.29, 0.717) is 32.5 Å². The number of benzene rings is 1. The molecule has 112 valence electrons. The fourth-order valence-electron chi connectivity index (χ4n) is 2.71. The molecule has 0 saturated heterocycles. The van der Waals surface area contributed by atoms with Crippen LogP contribution in [-0.4, -0.2) is 15.2 Å². The summed E-state index contributed by atoms with van der Waals surface area (Å²) in [6.45, 7) is 1.83. The molecule has 0 radical (unpaired) electrons. The minimum absolute atomic E-state index is 0.354. The summed E-state index contributed by atoms with van der Waals surface area (Å²) in [5.74, 6) is 0.895. The van der Waals surface area contributed by atoms with Crippen LogP contribution in [0.1, 0.15) is 39.7 Å². The van der Waals surface area contributed by atoms with Crippen LogP contribution in [0.2, 0.25) is 0 Å². The van der Waals surface area contributed by atoms with Gasteiger partial charge in [0.2, 0.25) is 0 Å². The smallest absolute Gasteiger partial charge is 0.162 e. The molecule has 1 aromatic carbocycles. The molecule has 0 amide bonds. The van der Waals surface area contributed by atoms with E-state index in [-0.39, 0.29) is 0 Å². The topological polar surface area (TPSA) is 66.5 Å². The second-order valence-corrected chi connectivity index (χ2v) is 6.29. The lowest BCUT2D eigenvalue weighted by atomic mass is 9.89. The number of halogens is 1. The van der Waals surface area contributed by atoms with Crippen LogP contribution in [0.3, 0.4) is 0 Å². The second-order valence-electron chi connectivity index (χ2n) is 5.26. The van der Waals surface area contributed by atoms with Gasteiger partial charge < -0.3 is 14.6 Å². The van der Waals surface area contributed by atoms with E-state index < -0.39 is 18.0 Å². The Morgan fingerprint density at radius 3 is 2.68 bits per heavy atom. The average molecular weight is 317 g/mol. The van der Waals surface area contributed by atoms with Crippen LogP contribution in [0.5, 0.6) is 0 Å². The molecule has 3 aromatic rings. The van der Waals surface area contributed by atoms with Crippen LogP contribution in [0, 0.1) is 12.7 Å². The zero-order valence-electron chi connectivity index (χ0n) is 11.6. The number of aromatic nitrogens is 1. The van der Waals surface area contributed by atoms with E-state index in [1.165, 1.54) is 29.5 Å². The maximum absolute atomic E-state index is 13.4. The van der Waals surface area contributed by atoms with Gasteiger partial charge in [-0.3, -0.25) is 0 Å². The van der Waals surface area contributed by atoms with Crippen LogP contribution in [0.25, 0.3) is 10.8 Å². The quantitative estimate of drug-likeness (QED) is 0.722. The van der Waals surface area contributed by atoms with Crippen LogP contribution >= 0.6 is 11.3 Å². The Hall–Kier alpha value is -2.02. The van der Waals surface area contributed by atoms with Gasteiger partial charge in [-0.05, 0) is 42.3 Å². The molecule has 4 rings (SSSR count). The molecule has 2 heterocycles. The molecule has 2 unspecified atom stereocenters. The molecule has 0 bridgehead atoms. The van der Waals surface area contributed by atoms with Gasteiger partial charge >= 0.3 is 0 Å². The molecule has 1 aliphatic carbocycles. The number of hydrogen-bond acceptors (Lipinski definition) is 5. The largest absolute Gasteiger partial charge is 0.459 e. The van der Waals surface area contributed by atoms with Gasteiger partial charge in [-0.1, -0.05) is 6.07 Å². The van der Waals surface area contributed by atoms with Gasteiger partial charge in [0.15, 0.2) is 10.8 Å². The van der Waals surface area contributed by atoms with Crippen molar-refractivity contribution in [1.29, 1.82) is 0 Å². The van der Waals surface area contributed by atoms with E-state index in [4.69, 9.17) is 4.42 Å². The van der Waals surface area contributed by atoms with E-state index in [1.807, 2.05) is 13.0 Å². The highest BCUT2D eigenvalue weighted by Crippen LogP contribution is 2.45. The third kappa shape index (κ3) is 1.92. The molecule has 0 aliphatic heterocycles. The van der Waals surface area contributed by atoms with Gasteiger partial charge in [-0.15, -0.1) is 11.3 Å². The number of rotatable bonds is 1. The minimum atomic E-state index is -1.05. The number of fused-ring (bicyclic) bond motifs is 2. The Morgan fingerprint density at radius 2 is 1.95 bits per heavy atom. The number of thiazole rings is 1. The van der Waals surface area contributed by atoms with Gasteiger partial charge in [-0.2, -0.15) is 0 Å². The molecular formula is C16H12FNO3S. The number of aliphatic hydroxyl groups excluding tert-OH is 2. The van der Waals surface area contributed by atoms with Crippen molar-refractivity contribution in [2.75, 3.05) is 0 Å². The van der Waals surface area contributed by atoms with Crippen molar-refractivity contribution >= 4 is 11.3 Å². The van der Waals surface area contributed by atoms with E-state index in [9.17, 15) is 14.6 Å². The van der Waals surface area contributed by atoms with Gasteiger partial charge in [0.25, 0.3) is 0 Å². The highest BCUT2D eigenvalue weighted by Gasteiger charge is 2.34. The van der Waals surface area contributed by atoms with Crippen LogP contribution < -0.4 is 0 Å². The van der Waals surface area contributed by atoms with E-state index in [1.54, 1.807) is 6.07 Å². The Labute approximate surface area is 129 Å². The van der Waals surface area contributed by atoms with Crippen molar-refractivity contribution in [1.82, 2.24) is 4.98 Å². The van der Waals surface area contributed by atoms with Crippen LogP contribution in [0.15, 0.2) is 34.7 Å². The lowest BCUT2D eigenvalue weighted by molar-refractivity contribution is 0.173. The predicted octanol–water partition coefficient (Wildman–Crippen LogP) is 3.33. The molecule has 2 N–H and O–H groups in total. The predicted molar refractivity (Wildman–Crippen MR) is 79.1 cm³/mol. The molecule has 0 spiro atoms. The zero-order valence-corrected chi connectivity index (χ0v) is 12.4. The highest BCUT2D eigenvalue weighted by atomic mass is 32.1. The fourth-order valence-corrected chi connectivity index (χ4v) is 3.77. The Kier molecular flexibility index (Phi) is 2.94. The van der Waals surface area contributed by atoms with Gasteiger partial charge in [0, 0.05) is 0 Å². The Morgan fingerprint density at radius 1 is 1.14 bits per heavy atom. The molecule has 4 nitrogen and oxygen atoms in total. The highest BCUT2D eigenvalue weighted by molar-refractivity contribution is 7.15. The Balaban J connectivity index is 1.86. The minimum Gasteiger partial charge on any atom is -0.459 e. The number of nitrogens with zero attached hydrogens (tertiary/aromatic N) is 1. The van der Waals surface area contributed by atoms with Crippen LogP contribution in [0.4, 0.5) is 4.39 Å². The van der Waals surface area contributed by atoms with Crippen molar-refractivity contribution in [3.8, 4) is 10.8 Å². The van der Waals surface area contributed by atoms with Crippen molar-refractivity contribution in [3.63, 3.8) is 0 Å². The third-order valence-electron chi connectivity index (χ3n) is 3.78. The Bertz CT molecular complexity index is 870. The zero-order chi connectivity index (χ0) is 15.4. The number of aliphatic hydroxyl groups is 2. The first-order chi connectivity index (χ1) is 10.5. The molecule has 0 saturated carbocycles. The number of aryl methyl sites for hydroxylation is 1. The maximum atomic E-state index is 13.4. The molecule has 6 heteroatoms. The van der Waals surface area contributed by atoms with Gasteiger partial charge in [0.05, 0.1) is 10.6 Å². The normalized spacial score (nSPS) is 19.8. The summed E-state index contributed by atoms with van der Waals surface area (Å²) >= 11 is 1.27. The monoisotopic (exact) mass is 317 g/mol. The summed E-state index contributed by atoms with van der Waals surface area (Å²) in [5.41, 5.74) is 1.22.